The van der Waals surface area contributed by atoms with Crippen LogP contribution >= 0.6 is 0 Å². The van der Waals surface area contributed by atoms with Crippen molar-refractivity contribution in [2.45, 2.75) is 5.67 Å². The van der Waals surface area contributed by atoms with E-state index in [1.165, 1.54) is 0 Å². The van der Waals surface area contributed by atoms with Crippen molar-refractivity contribution in [3.63, 3.8) is 0 Å². The summed E-state index contributed by atoms with van der Waals surface area (Å²) < 4.78 is 14.0. The van der Waals surface area contributed by atoms with Crippen LogP contribution in [0.1, 0.15) is 0 Å². The molecule has 6 saturated carbocycles. The number of rotatable bonds is 1. The fourth-order valence-electron chi connectivity index (χ4n) is 5.85. The van der Waals surface area contributed by atoms with E-state index >= 15 is 0 Å². The number of alkyl halides is 1. The molecule has 0 aromatic carbocycles. The Labute approximate surface area is 67.8 Å². The van der Waals surface area contributed by atoms with Gasteiger partial charge in [0.2, 0.25) is 0 Å². The molecule has 0 aliphatic heterocycles. The SMILES string of the molecule is O=C(O)C12C3C4C5C3C1(F)C5C42. The van der Waals surface area contributed by atoms with Gasteiger partial charge in [-0.25, -0.2) is 4.39 Å². The molecule has 6 aliphatic carbocycles. The van der Waals surface area contributed by atoms with Gasteiger partial charge in [0, 0.05) is 11.8 Å². The number of halogens is 1. The van der Waals surface area contributed by atoms with Crippen LogP contribution in [0.3, 0.4) is 0 Å². The molecule has 0 saturated heterocycles. The molecule has 0 aromatic heterocycles. The largest absolute Gasteiger partial charge is 0.481 e. The van der Waals surface area contributed by atoms with Crippen LogP contribution < -0.4 is 0 Å². The van der Waals surface area contributed by atoms with Gasteiger partial charge in [0.05, 0.1) is 0 Å². The van der Waals surface area contributed by atoms with Crippen molar-refractivity contribution in [1.29, 1.82) is 0 Å². The van der Waals surface area contributed by atoms with Crippen LogP contribution in [0.2, 0.25) is 0 Å². The second-order valence-corrected chi connectivity index (χ2v) is 5.20. The number of carboxylic acids is 1. The van der Waals surface area contributed by atoms with E-state index in [1.54, 1.807) is 0 Å². The Morgan fingerprint density at radius 3 is 2.00 bits per heavy atom. The predicted molar refractivity (Wildman–Crippen MR) is 34.8 cm³/mol. The zero-order valence-electron chi connectivity index (χ0n) is 6.20. The summed E-state index contributed by atoms with van der Waals surface area (Å²) in [6, 6.07) is 0. The molecule has 0 radical (unpaired) electrons. The highest BCUT2D eigenvalue weighted by Gasteiger charge is 3.14. The zero-order chi connectivity index (χ0) is 8.04. The van der Waals surface area contributed by atoms with Gasteiger partial charge < -0.3 is 5.11 Å². The standard InChI is InChI=1S/C9H7FO2/c10-9-5-2-1-3(5)8(9,7(11)12)4(1)6(2)9/h1-6H,(H,11,12). The maximum atomic E-state index is 14.0. The van der Waals surface area contributed by atoms with E-state index in [0.29, 0.717) is 11.8 Å². The van der Waals surface area contributed by atoms with E-state index in [1.807, 2.05) is 0 Å². The molecule has 0 heterocycles. The summed E-state index contributed by atoms with van der Waals surface area (Å²) in [5, 5.41) is 8.99. The number of aliphatic carboxylic acids is 1. The van der Waals surface area contributed by atoms with E-state index in [2.05, 4.69) is 0 Å². The summed E-state index contributed by atoms with van der Waals surface area (Å²) in [6.45, 7) is 0. The highest BCUT2D eigenvalue weighted by molar-refractivity contribution is 5.89. The molecule has 0 spiro atoms. The van der Waals surface area contributed by atoms with Crippen molar-refractivity contribution in [2.24, 2.45) is 40.9 Å². The molecular weight excluding hydrogens is 159 g/mol. The molecular formula is C9H7FO2. The Kier molecular flexibility index (Phi) is 0.379. The van der Waals surface area contributed by atoms with Crippen molar-refractivity contribution in [3.8, 4) is 0 Å². The van der Waals surface area contributed by atoms with Gasteiger partial charge in [-0.3, -0.25) is 4.79 Å². The molecule has 6 aliphatic rings. The summed E-state index contributed by atoms with van der Waals surface area (Å²) in [5.41, 5.74) is -2.06. The minimum absolute atomic E-state index is 0.189. The van der Waals surface area contributed by atoms with Gasteiger partial charge in [-0.2, -0.15) is 0 Å². The van der Waals surface area contributed by atoms with Crippen LogP contribution in [0.5, 0.6) is 0 Å². The molecule has 0 amide bonds. The van der Waals surface area contributed by atoms with Gasteiger partial charge in [-0.05, 0) is 23.7 Å². The van der Waals surface area contributed by atoms with Crippen LogP contribution in [0.25, 0.3) is 0 Å². The van der Waals surface area contributed by atoms with Gasteiger partial charge in [-0.1, -0.05) is 0 Å². The Hall–Kier alpha value is -0.600. The Balaban J connectivity index is 1.80. The monoisotopic (exact) mass is 166 g/mol. The first-order valence-electron chi connectivity index (χ1n) is 4.60. The molecule has 1 N–H and O–H groups in total. The third kappa shape index (κ3) is 0.150. The highest BCUT2D eigenvalue weighted by atomic mass is 19.1. The van der Waals surface area contributed by atoms with Gasteiger partial charge in [-0.15, -0.1) is 0 Å². The third-order valence-corrected chi connectivity index (χ3v) is 5.89. The van der Waals surface area contributed by atoms with E-state index in [9.17, 15) is 9.18 Å². The van der Waals surface area contributed by atoms with Gasteiger partial charge in [0.25, 0.3) is 0 Å². The van der Waals surface area contributed by atoms with E-state index in [0.717, 1.165) is 0 Å². The first-order chi connectivity index (χ1) is 5.68. The van der Waals surface area contributed by atoms with Crippen LogP contribution in [0, 0.1) is 40.9 Å². The average molecular weight is 166 g/mol. The molecule has 62 valence electrons. The number of hydrogen-bond donors (Lipinski definition) is 1. The second kappa shape index (κ2) is 0.875. The van der Waals surface area contributed by atoms with Gasteiger partial charge >= 0.3 is 5.97 Å². The molecule has 0 bridgehead atoms. The normalized spacial score (nSPS) is 88.1. The van der Waals surface area contributed by atoms with Crippen molar-refractivity contribution >= 4 is 5.97 Å². The summed E-state index contributed by atoms with van der Waals surface area (Å²) >= 11 is 0. The predicted octanol–water partition coefficient (Wildman–Crippen LogP) is 0.531. The molecule has 0 aromatic rings. The topological polar surface area (TPSA) is 37.3 Å². The lowest BCUT2D eigenvalue weighted by atomic mass is 8.95. The van der Waals surface area contributed by atoms with Gasteiger partial charge in [0.15, 0.2) is 0 Å². The van der Waals surface area contributed by atoms with Crippen molar-refractivity contribution in [2.75, 3.05) is 0 Å². The third-order valence-electron chi connectivity index (χ3n) is 5.89. The Morgan fingerprint density at radius 2 is 1.67 bits per heavy atom. The summed E-state index contributed by atoms with van der Waals surface area (Å²) in [7, 11) is 0. The lowest BCUT2D eigenvalue weighted by Crippen LogP contribution is -3.13. The lowest BCUT2D eigenvalue weighted by Gasteiger charge is -3.07. The highest BCUT2D eigenvalue weighted by Crippen LogP contribution is 3.08. The molecule has 2 nitrogen and oxygen atoms in total. The Bertz CT molecular complexity index is 357. The molecule has 3 heteroatoms. The minimum atomic E-state index is -1.21. The second-order valence-electron chi connectivity index (χ2n) is 5.20. The van der Waals surface area contributed by atoms with Gasteiger partial charge in [0.1, 0.15) is 11.1 Å². The van der Waals surface area contributed by atoms with Crippen LogP contribution in [-0.4, -0.2) is 16.7 Å². The van der Waals surface area contributed by atoms with Crippen molar-refractivity contribution in [1.82, 2.24) is 0 Å². The first-order valence-corrected chi connectivity index (χ1v) is 4.60. The number of hydrogen-bond acceptors (Lipinski definition) is 1. The minimum Gasteiger partial charge on any atom is -0.481 e. The van der Waals surface area contributed by atoms with Crippen LogP contribution in [0.15, 0.2) is 0 Å². The van der Waals surface area contributed by atoms with E-state index in [4.69, 9.17) is 5.11 Å². The number of carboxylic acid groups (broad SMARTS) is 1. The number of carbonyl (C=O) groups is 1. The van der Waals surface area contributed by atoms with E-state index in [-0.39, 0.29) is 23.7 Å². The summed E-state index contributed by atoms with van der Waals surface area (Å²) in [4.78, 5) is 10.9. The van der Waals surface area contributed by atoms with Crippen molar-refractivity contribution < 1.29 is 14.3 Å². The fourth-order valence-corrected chi connectivity index (χ4v) is 5.85. The smallest absolute Gasteiger partial charge is 0.313 e. The summed E-state index contributed by atoms with van der Waals surface area (Å²) in [5.74, 6) is 1.34. The quantitative estimate of drug-likeness (QED) is 0.617. The fraction of sp³-hybridized carbons (Fsp3) is 0.889. The molecule has 4 unspecified atom stereocenters. The molecule has 6 fully saturated rings. The van der Waals surface area contributed by atoms with Crippen LogP contribution in [0.4, 0.5) is 4.39 Å². The van der Waals surface area contributed by atoms with Crippen LogP contribution in [-0.2, 0) is 4.79 Å². The zero-order valence-corrected chi connectivity index (χ0v) is 6.20. The average Bonchev–Trinajstić information content (AvgIpc) is 2.03. The molecule has 4 atom stereocenters. The lowest BCUT2D eigenvalue weighted by molar-refractivity contribution is -0.635. The summed E-state index contributed by atoms with van der Waals surface area (Å²) in [6.07, 6.45) is 0. The van der Waals surface area contributed by atoms with E-state index < -0.39 is 17.1 Å². The molecule has 12 heavy (non-hydrogen) atoms. The maximum absolute atomic E-state index is 14.0. The Morgan fingerprint density at radius 1 is 1.17 bits per heavy atom. The molecule has 6 rings (SSSR count). The van der Waals surface area contributed by atoms with Crippen molar-refractivity contribution in [3.05, 3.63) is 0 Å². The first kappa shape index (κ1) is 5.20. The maximum Gasteiger partial charge on any atom is 0.313 e.